The van der Waals surface area contributed by atoms with Crippen LogP contribution < -0.4 is 5.32 Å². The molecule has 0 saturated carbocycles. The number of halogens is 1. The maximum absolute atomic E-state index is 13.9. The third kappa shape index (κ3) is 3.93. The quantitative estimate of drug-likeness (QED) is 0.747. The van der Waals surface area contributed by atoms with Crippen molar-refractivity contribution in [3.63, 3.8) is 0 Å². The van der Waals surface area contributed by atoms with E-state index in [0.717, 1.165) is 48.5 Å². The van der Waals surface area contributed by atoms with Gasteiger partial charge in [-0.1, -0.05) is 32.0 Å². The molecule has 0 radical (unpaired) electrons. The van der Waals surface area contributed by atoms with Crippen molar-refractivity contribution in [2.75, 3.05) is 18.4 Å². The highest BCUT2D eigenvalue weighted by Crippen LogP contribution is 2.24. The van der Waals surface area contributed by atoms with Crippen LogP contribution in [0.1, 0.15) is 43.9 Å². The van der Waals surface area contributed by atoms with Gasteiger partial charge in [-0.2, -0.15) is 9.61 Å². The SMILES string of the molecule is CC(C)c1cc(NC2CCN(Cc3ccccc3F)CC2)c2nncn2n1. The second-order valence-electron chi connectivity index (χ2n) is 7.52. The standard InChI is InChI=1S/C20H25FN6/c1-14(2)18-11-19(20-24-22-13-27(20)25-18)23-16-7-9-26(10-8-16)12-15-5-3-4-6-17(15)21/h3-6,11,13-14,16,23H,7-10,12H2,1-2H3. The molecule has 6 nitrogen and oxygen atoms in total. The summed E-state index contributed by atoms with van der Waals surface area (Å²) in [5.74, 6) is 0.213. The fourth-order valence-corrected chi connectivity index (χ4v) is 3.56. The zero-order valence-corrected chi connectivity index (χ0v) is 15.8. The van der Waals surface area contributed by atoms with Crippen LogP contribution in [-0.4, -0.2) is 43.8 Å². The molecule has 2 aromatic heterocycles. The van der Waals surface area contributed by atoms with Crippen molar-refractivity contribution in [3.8, 4) is 0 Å². The van der Waals surface area contributed by atoms with Crippen LogP contribution >= 0.6 is 0 Å². The van der Waals surface area contributed by atoms with Gasteiger partial charge in [-0.15, -0.1) is 10.2 Å². The molecule has 142 valence electrons. The highest BCUT2D eigenvalue weighted by Gasteiger charge is 2.21. The van der Waals surface area contributed by atoms with Gasteiger partial charge < -0.3 is 5.32 Å². The molecule has 1 N–H and O–H groups in total. The Morgan fingerprint density at radius 1 is 1.22 bits per heavy atom. The van der Waals surface area contributed by atoms with Gasteiger partial charge in [-0.3, -0.25) is 4.90 Å². The lowest BCUT2D eigenvalue weighted by Crippen LogP contribution is -2.38. The van der Waals surface area contributed by atoms with Crippen LogP contribution in [0.4, 0.5) is 10.1 Å². The van der Waals surface area contributed by atoms with E-state index < -0.39 is 0 Å². The number of aromatic nitrogens is 4. The highest BCUT2D eigenvalue weighted by atomic mass is 19.1. The van der Waals surface area contributed by atoms with Crippen LogP contribution in [0.3, 0.4) is 0 Å². The zero-order chi connectivity index (χ0) is 18.8. The smallest absolute Gasteiger partial charge is 0.200 e. The molecule has 1 aliphatic heterocycles. The Kier molecular flexibility index (Phi) is 5.03. The van der Waals surface area contributed by atoms with E-state index in [0.29, 0.717) is 18.5 Å². The Hall–Kier alpha value is -2.54. The number of hydrogen-bond donors (Lipinski definition) is 1. The summed E-state index contributed by atoms with van der Waals surface area (Å²) in [6.07, 6.45) is 3.66. The first-order valence-electron chi connectivity index (χ1n) is 9.53. The number of nitrogens with zero attached hydrogens (tertiary/aromatic N) is 5. The van der Waals surface area contributed by atoms with E-state index in [1.807, 2.05) is 12.1 Å². The molecular weight excluding hydrogens is 343 g/mol. The first kappa shape index (κ1) is 17.9. The average Bonchev–Trinajstić information content (AvgIpc) is 3.14. The lowest BCUT2D eigenvalue weighted by molar-refractivity contribution is 0.209. The van der Waals surface area contributed by atoms with E-state index >= 15 is 0 Å². The molecule has 0 unspecified atom stereocenters. The molecule has 3 heterocycles. The predicted octanol–water partition coefficient (Wildman–Crippen LogP) is 3.46. The van der Waals surface area contributed by atoms with E-state index in [1.54, 1.807) is 16.9 Å². The molecule has 1 aliphatic rings. The number of hydrogen-bond acceptors (Lipinski definition) is 5. The fraction of sp³-hybridized carbons (Fsp3) is 0.450. The van der Waals surface area contributed by atoms with E-state index in [1.165, 1.54) is 6.07 Å². The van der Waals surface area contributed by atoms with Crippen molar-refractivity contribution in [1.82, 2.24) is 24.7 Å². The summed E-state index contributed by atoms with van der Waals surface area (Å²) >= 11 is 0. The monoisotopic (exact) mass is 368 g/mol. The van der Waals surface area contributed by atoms with Gasteiger partial charge in [-0.05, 0) is 30.9 Å². The van der Waals surface area contributed by atoms with Gasteiger partial charge in [0.2, 0.25) is 5.65 Å². The lowest BCUT2D eigenvalue weighted by Gasteiger charge is -2.33. The van der Waals surface area contributed by atoms with E-state index in [2.05, 4.69) is 45.4 Å². The van der Waals surface area contributed by atoms with Gasteiger partial charge in [0.25, 0.3) is 0 Å². The van der Waals surface area contributed by atoms with E-state index in [9.17, 15) is 4.39 Å². The predicted molar refractivity (Wildman–Crippen MR) is 103 cm³/mol. The van der Waals surface area contributed by atoms with Crippen LogP contribution in [-0.2, 0) is 6.54 Å². The van der Waals surface area contributed by atoms with Crippen LogP contribution in [0.25, 0.3) is 5.65 Å². The molecule has 0 spiro atoms. The topological polar surface area (TPSA) is 58.3 Å². The first-order valence-corrected chi connectivity index (χ1v) is 9.53. The first-order chi connectivity index (χ1) is 13.1. The molecular formula is C20H25FN6. The van der Waals surface area contributed by atoms with Gasteiger partial charge in [0.1, 0.15) is 12.1 Å². The summed E-state index contributed by atoms with van der Waals surface area (Å²) in [6.45, 7) is 6.81. The molecule has 7 heteroatoms. The van der Waals surface area contributed by atoms with Crippen molar-refractivity contribution in [2.24, 2.45) is 0 Å². The summed E-state index contributed by atoms with van der Waals surface area (Å²) in [7, 11) is 0. The molecule has 1 fully saturated rings. The number of piperidine rings is 1. The van der Waals surface area contributed by atoms with Crippen LogP contribution in [0.5, 0.6) is 0 Å². The maximum atomic E-state index is 13.9. The average molecular weight is 368 g/mol. The zero-order valence-electron chi connectivity index (χ0n) is 15.8. The minimum atomic E-state index is -0.120. The molecule has 1 saturated heterocycles. The molecule has 3 aromatic rings. The number of fused-ring (bicyclic) bond motifs is 1. The molecule has 0 atom stereocenters. The highest BCUT2D eigenvalue weighted by molar-refractivity contribution is 5.67. The van der Waals surface area contributed by atoms with Gasteiger partial charge in [0.15, 0.2) is 0 Å². The number of likely N-dealkylation sites (tertiary alicyclic amines) is 1. The van der Waals surface area contributed by atoms with Crippen LogP contribution in [0.15, 0.2) is 36.7 Å². The van der Waals surface area contributed by atoms with Crippen LogP contribution in [0, 0.1) is 5.82 Å². The Labute approximate surface area is 158 Å². The van der Waals surface area contributed by atoms with Crippen molar-refractivity contribution in [3.05, 3.63) is 53.7 Å². The minimum absolute atomic E-state index is 0.120. The lowest BCUT2D eigenvalue weighted by atomic mass is 10.0. The molecule has 4 rings (SSSR count). The summed E-state index contributed by atoms with van der Waals surface area (Å²) in [5, 5.41) is 16.4. The fourth-order valence-electron chi connectivity index (χ4n) is 3.56. The summed E-state index contributed by atoms with van der Waals surface area (Å²) in [5.41, 5.74) is 3.53. The third-order valence-corrected chi connectivity index (χ3v) is 5.18. The van der Waals surface area contributed by atoms with Crippen molar-refractivity contribution in [2.45, 2.75) is 45.2 Å². The Morgan fingerprint density at radius 3 is 2.74 bits per heavy atom. The third-order valence-electron chi connectivity index (χ3n) is 5.18. The number of benzene rings is 1. The summed E-state index contributed by atoms with van der Waals surface area (Å²) in [4.78, 5) is 2.31. The Balaban J connectivity index is 1.41. The molecule has 0 bridgehead atoms. The second-order valence-corrected chi connectivity index (χ2v) is 7.52. The Morgan fingerprint density at radius 2 is 2.00 bits per heavy atom. The molecule has 1 aromatic carbocycles. The van der Waals surface area contributed by atoms with Crippen LogP contribution in [0.2, 0.25) is 0 Å². The van der Waals surface area contributed by atoms with E-state index in [4.69, 9.17) is 0 Å². The van der Waals surface area contributed by atoms with Crippen molar-refractivity contribution < 1.29 is 4.39 Å². The molecule has 0 amide bonds. The van der Waals surface area contributed by atoms with Gasteiger partial charge >= 0.3 is 0 Å². The normalized spacial score (nSPS) is 16.3. The second kappa shape index (κ2) is 7.60. The van der Waals surface area contributed by atoms with Gasteiger partial charge in [0.05, 0.1) is 11.4 Å². The number of rotatable bonds is 5. The minimum Gasteiger partial charge on any atom is -0.379 e. The van der Waals surface area contributed by atoms with Crippen molar-refractivity contribution in [1.29, 1.82) is 0 Å². The summed E-state index contributed by atoms with van der Waals surface area (Å²) < 4.78 is 15.6. The van der Waals surface area contributed by atoms with Gasteiger partial charge in [0, 0.05) is 31.2 Å². The Bertz CT molecular complexity index is 914. The maximum Gasteiger partial charge on any atom is 0.200 e. The molecule has 0 aliphatic carbocycles. The molecule has 27 heavy (non-hydrogen) atoms. The number of nitrogens with one attached hydrogen (secondary N) is 1. The van der Waals surface area contributed by atoms with Gasteiger partial charge in [-0.25, -0.2) is 4.39 Å². The largest absolute Gasteiger partial charge is 0.379 e. The summed E-state index contributed by atoms with van der Waals surface area (Å²) in [6, 6.07) is 9.48. The van der Waals surface area contributed by atoms with E-state index in [-0.39, 0.29) is 5.82 Å². The number of anilines is 1. The van der Waals surface area contributed by atoms with Crippen molar-refractivity contribution >= 4 is 11.3 Å².